The Balaban J connectivity index is 1.69. The molecule has 0 radical (unpaired) electrons. The second-order valence-corrected chi connectivity index (χ2v) is 4.61. The van der Waals surface area contributed by atoms with Gasteiger partial charge in [0.2, 0.25) is 0 Å². The van der Waals surface area contributed by atoms with Crippen molar-refractivity contribution in [3.05, 3.63) is 24.3 Å². The topological polar surface area (TPSA) is 42.5 Å². The SMILES string of the molecule is CONc1ccc(OCCC2CCCCN2)cc1. The van der Waals surface area contributed by atoms with Crippen LogP contribution >= 0.6 is 0 Å². The van der Waals surface area contributed by atoms with Gasteiger partial charge in [-0.25, -0.2) is 0 Å². The van der Waals surface area contributed by atoms with Crippen molar-refractivity contribution in [2.45, 2.75) is 31.7 Å². The summed E-state index contributed by atoms with van der Waals surface area (Å²) in [5.41, 5.74) is 3.71. The maximum atomic E-state index is 5.73. The third-order valence-corrected chi connectivity index (χ3v) is 3.22. The van der Waals surface area contributed by atoms with E-state index in [1.54, 1.807) is 7.11 Å². The highest BCUT2D eigenvalue weighted by molar-refractivity contribution is 5.44. The summed E-state index contributed by atoms with van der Waals surface area (Å²) in [5.74, 6) is 0.910. The van der Waals surface area contributed by atoms with E-state index in [4.69, 9.17) is 9.57 Å². The number of ether oxygens (including phenoxy) is 1. The Kier molecular flexibility index (Phi) is 5.30. The van der Waals surface area contributed by atoms with Gasteiger partial charge in [-0.05, 0) is 50.1 Å². The summed E-state index contributed by atoms with van der Waals surface area (Å²) < 4.78 is 5.73. The summed E-state index contributed by atoms with van der Waals surface area (Å²) in [6, 6.07) is 8.42. The van der Waals surface area contributed by atoms with Crippen molar-refractivity contribution in [3.8, 4) is 5.75 Å². The zero-order valence-corrected chi connectivity index (χ0v) is 10.9. The smallest absolute Gasteiger partial charge is 0.119 e. The fourth-order valence-electron chi connectivity index (χ4n) is 2.23. The summed E-state index contributed by atoms with van der Waals surface area (Å²) >= 11 is 0. The Labute approximate surface area is 109 Å². The lowest BCUT2D eigenvalue weighted by Gasteiger charge is -2.23. The number of nitrogens with one attached hydrogen (secondary N) is 2. The number of piperidine rings is 1. The number of benzene rings is 1. The molecule has 2 N–H and O–H groups in total. The first-order valence-corrected chi connectivity index (χ1v) is 6.64. The van der Waals surface area contributed by atoms with Crippen molar-refractivity contribution in [2.75, 3.05) is 25.7 Å². The lowest BCUT2D eigenvalue weighted by atomic mass is 10.0. The predicted octanol–water partition coefficient (Wildman–Crippen LogP) is 2.57. The van der Waals surface area contributed by atoms with Crippen LogP contribution < -0.4 is 15.5 Å². The van der Waals surface area contributed by atoms with Gasteiger partial charge in [0.05, 0.1) is 19.4 Å². The van der Waals surface area contributed by atoms with Crippen LogP contribution in [-0.2, 0) is 4.84 Å². The maximum Gasteiger partial charge on any atom is 0.119 e. The van der Waals surface area contributed by atoms with E-state index in [-0.39, 0.29) is 0 Å². The summed E-state index contributed by atoms with van der Waals surface area (Å²) in [7, 11) is 1.60. The molecule has 1 saturated heterocycles. The van der Waals surface area contributed by atoms with Crippen LogP contribution in [0.2, 0.25) is 0 Å². The summed E-state index contributed by atoms with van der Waals surface area (Å²) in [5, 5.41) is 3.52. The number of hydrogen-bond acceptors (Lipinski definition) is 4. The van der Waals surface area contributed by atoms with E-state index in [9.17, 15) is 0 Å². The fraction of sp³-hybridized carbons (Fsp3) is 0.571. The minimum absolute atomic E-state index is 0.633. The average Bonchev–Trinajstić information content (AvgIpc) is 2.42. The predicted molar refractivity (Wildman–Crippen MR) is 72.8 cm³/mol. The van der Waals surface area contributed by atoms with Gasteiger partial charge in [0.15, 0.2) is 0 Å². The Morgan fingerprint density at radius 3 is 2.78 bits per heavy atom. The van der Waals surface area contributed by atoms with Crippen LogP contribution in [0, 0.1) is 0 Å². The minimum atomic E-state index is 0.633. The third kappa shape index (κ3) is 4.20. The van der Waals surface area contributed by atoms with E-state index >= 15 is 0 Å². The van der Waals surface area contributed by atoms with Gasteiger partial charge >= 0.3 is 0 Å². The van der Waals surface area contributed by atoms with Gasteiger partial charge in [0.25, 0.3) is 0 Å². The van der Waals surface area contributed by atoms with Gasteiger partial charge in [-0.1, -0.05) is 6.42 Å². The third-order valence-electron chi connectivity index (χ3n) is 3.22. The van der Waals surface area contributed by atoms with Gasteiger partial charge in [-0.15, -0.1) is 0 Å². The van der Waals surface area contributed by atoms with Crippen LogP contribution in [0.1, 0.15) is 25.7 Å². The normalized spacial score (nSPS) is 19.5. The molecule has 0 aromatic heterocycles. The average molecular weight is 250 g/mol. The molecule has 1 aliphatic rings. The number of rotatable bonds is 6. The molecular weight excluding hydrogens is 228 g/mol. The van der Waals surface area contributed by atoms with Gasteiger partial charge in [0.1, 0.15) is 5.75 Å². The van der Waals surface area contributed by atoms with E-state index in [0.29, 0.717) is 6.04 Å². The largest absolute Gasteiger partial charge is 0.494 e. The van der Waals surface area contributed by atoms with Crippen LogP contribution in [0.15, 0.2) is 24.3 Å². The highest BCUT2D eigenvalue weighted by atomic mass is 16.6. The van der Waals surface area contributed by atoms with Crippen molar-refractivity contribution in [1.82, 2.24) is 5.32 Å². The molecule has 1 aromatic rings. The van der Waals surface area contributed by atoms with E-state index < -0.39 is 0 Å². The summed E-state index contributed by atoms with van der Waals surface area (Å²) in [4.78, 5) is 4.83. The minimum Gasteiger partial charge on any atom is -0.494 e. The molecule has 2 rings (SSSR count). The highest BCUT2D eigenvalue weighted by Gasteiger charge is 2.11. The number of anilines is 1. The molecule has 4 heteroatoms. The Morgan fingerprint density at radius 2 is 2.11 bits per heavy atom. The van der Waals surface area contributed by atoms with Crippen molar-refractivity contribution < 1.29 is 9.57 Å². The summed E-state index contributed by atoms with van der Waals surface area (Å²) in [6.45, 7) is 1.93. The first-order chi connectivity index (χ1) is 8.88. The molecule has 1 aromatic carbocycles. The Morgan fingerprint density at radius 1 is 1.28 bits per heavy atom. The highest BCUT2D eigenvalue weighted by Crippen LogP contribution is 2.16. The zero-order valence-electron chi connectivity index (χ0n) is 10.9. The van der Waals surface area contributed by atoms with Gasteiger partial charge in [-0.3, -0.25) is 10.3 Å². The molecule has 0 aliphatic carbocycles. The van der Waals surface area contributed by atoms with Crippen molar-refractivity contribution >= 4 is 5.69 Å². The van der Waals surface area contributed by atoms with Gasteiger partial charge < -0.3 is 10.1 Å². The Hall–Kier alpha value is -1.26. The maximum absolute atomic E-state index is 5.73. The van der Waals surface area contributed by atoms with Crippen LogP contribution in [-0.4, -0.2) is 26.3 Å². The van der Waals surface area contributed by atoms with E-state index in [2.05, 4.69) is 10.8 Å². The lowest BCUT2D eigenvalue weighted by Crippen LogP contribution is -2.35. The molecule has 1 aliphatic heterocycles. The first-order valence-electron chi connectivity index (χ1n) is 6.64. The molecule has 0 bridgehead atoms. The molecule has 4 nitrogen and oxygen atoms in total. The molecule has 100 valence electrons. The van der Waals surface area contributed by atoms with Crippen molar-refractivity contribution in [2.24, 2.45) is 0 Å². The van der Waals surface area contributed by atoms with Crippen molar-refractivity contribution in [3.63, 3.8) is 0 Å². The van der Waals surface area contributed by atoms with Gasteiger partial charge in [0, 0.05) is 6.04 Å². The molecule has 0 saturated carbocycles. The molecule has 0 spiro atoms. The Bertz CT molecular complexity index is 334. The standard InChI is InChI=1S/C14H22N2O2/c1-17-16-13-5-7-14(8-6-13)18-11-9-12-4-2-3-10-15-12/h5-8,12,15-16H,2-4,9-11H2,1H3. The fourth-order valence-corrected chi connectivity index (χ4v) is 2.23. The second kappa shape index (κ2) is 7.24. The first kappa shape index (κ1) is 13.2. The van der Waals surface area contributed by atoms with Crippen molar-refractivity contribution in [1.29, 1.82) is 0 Å². The van der Waals surface area contributed by atoms with Crippen LogP contribution in [0.4, 0.5) is 5.69 Å². The summed E-state index contributed by atoms with van der Waals surface area (Å²) in [6.07, 6.45) is 5.01. The van der Waals surface area contributed by atoms with E-state index in [1.165, 1.54) is 19.3 Å². The molecule has 1 fully saturated rings. The van der Waals surface area contributed by atoms with Crippen LogP contribution in [0.5, 0.6) is 5.75 Å². The van der Waals surface area contributed by atoms with Crippen LogP contribution in [0.3, 0.4) is 0 Å². The molecular formula is C14H22N2O2. The number of hydrogen-bond donors (Lipinski definition) is 2. The second-order valence-electron chi connectivity index (χ2n) is 4.61. The molecule has 1 heterocycles. The molecule has 18 heavy (non-hydrogen) atoms. The monoisotopic (exact) mass is 250 g/mol. The van der Waals surface area contributed by atoms with Gasteiger partial charge in [-0.2, -0.15) is 0 Å². The molecule has 1 unspecified atom stereocenters. The molecule has 0 amide bonds. The van der Waals surface area contributed by atoms with Crippen LogP contribution in [0.25, 0.3) is 0 Å². The van der Waals surface area contributed by atoms with E-state index in [0.717, 1.165) is 31.0 Å². The van der Waals surface area contributed by atoms with E-state index in [1.807, 2.05) is 24.3 Å². The quantitative estimate of drug-likeness (QED) is 0.762. The zero-order chi connectivity index (χ0) is 12.6. The molecule has 1 atom stereocenters. The lowest BCUT2D eigenvalue weighted by molar-refractivity contribution is 0.266.